The summed E-state index contributed by atoms with van der Waals surface area (Å²) in [4.78, 5) is 25.4. The molecule has 2 aromatic carbocycles. The number of carbonyl (C=O) groups is 2. The maximum absolute atomic E-state index is 12.6. The van der Waals surface area contributed by atoms with E-state index in [0.29, 0.717) is 6.04 Å². The molecule has 2 aromatic rings. The Labute approximate surface area is 146 Å². The predicted molar refractivity (Wildman–Crippen MR) is 95.7 cm³/mol. The Morgan fingerprint density at radius 3 is 2.25 bits per heavy atom. The Bertz CT molecular complexity index is 687. The highest BCUT2D eigenvalue weighted by Gasteiger charge is 2.25. The van der Waals surface area contributed by atoms with E-state index in [1.807, 2.05) is 60.7 Å². The first-order chi connectivity index (χ1) is 11.7. The minimum Gasteiger partial charge on any atom is -0.352 e. The lowest BCUT2D eigenvalue weighted by atomic mass is 10.1. The highest BCUT2D eigenvalue weighted by Crippen LogP contribution is 2.35. The largest absolute Gasteiger partial charge is 0.352 e. The highest BCUT2D eigenvalue weighted by atomic mass is 32.2. The Hall–Kier alpha value is -2.27. The minimum absolute atomic E-state index is 0.0218. The highest BCUT2D eigenvalue weighted by molar-refractivity contribution is 8.00. The first kappa shape index (κ1) is 16.6. The molecular formula is C19H20N2O2S. The van der Waals surface area contributed by atoms with Crippen molar-refractivity contribution in [2.45, 2.75) is 29.0 Å². The van der Waals surface area contributed by atoms with Crippen LogP contribution in [0.1, 0.15) is 23.7 Å². The molecule has 5 heteroatoms. The summed E-state index contributed by atoms with van der Waals surface area (Å²) in [5.41, 5.74) is 0.923. The molecule has 2 amide bonds. The summed E-state index contributed by atoms with van der Waals surface area (Å²) < 4.78 is 0. The first-order valence-electron chi connectivity index (χ1n) is 8.06. The van der Waals surface area contributed by atoms with Gasteiger partial charge in [0.05, 0.1) is 6.54 Å². The van der Waals surface area contributed by atoms with E-state index in [4.69, 9.17) is 0 Å². The normalized spacial score (nSPS) is 14.7. The zero-order valence-corrected chi connectivity index (χ0v) is 14.1. The second kappa shape index (κ2) is 8.02. The average molecular weight is 340 g/mol. The van der Waals surface area contributed by atoms with Gasteiger partial charge in [0.1, 0.15) is 5.25 Å². The quantitative estimate of drug-likeness (QED) is 0.762. The lowest BCUT2D eigenvalue weighted by molar-refractivity contribution is -0.125. The third-order valence-corrected chi connectivity index (χ3v) is 4.97. The van der Waals surface area contributed by atoms with Gasteiger partial charge >= 0.3 is 0 Å². The molecule has 1 aliphatic rings. The second-order valence-corrected chi connectivity index (χ2v) is 6.96. The minimum atomic E-state index is -0.387. The van der Waals surface area contributed by atoms with Crippen molar-refractivity contribution in [3.8, 4) is 0 Å². The molecule has 3 rings (SSSR count). The Morgan fingerprint density at radius 2 is 1.62 bits per heavy atom. The van der Waals surface area contributed by atoms with Crippen molar-refractivity contribution in [3.05, 3.63) is 66.2 Å². The van der Waals surface area contributed by atoms with Crippen molar-refractivity contribution in [3.63, 3.8) is 0 Å². The Balaban J connectivity index is 1.66. The third-order valence-electron chi connectivity index (χ3n) is 3.70. The van der Waals surface area contributed by atoms with E-state index in [1.165, 1.54) is 11.8 Å². The van der Waals surface area contributed by atoms with Crippen LogP contribution >= 0.6 is 11.8 Å². The monoisotopic (exact) mass is 340 g/mol. The molecular weight excluding hydrogens is 320 g/mol. The van der Waals surface area contributed by atoms with Gasteiger partial charge in [-0.15, -0.1) is 11.8 Å². The molecule has 1 atom stereocenters. The number of thioether (sulfide) groups is 1. The van der Waals surface area contributed by atoms with E-state index >= 15 is 0 Å². The maximum atomic E-state index is 12.6. The van der Waals surface area contributed by atoms with Crippen LogP contribution < -0.4 is 10.6 Å². The average Bonchev–Trinajstić information content (AvgIpc) is 3.43. The zero-order valence-electron chi connectivity index (χ0n) is 13.3. The molecule has 0 heterocycles. The molecule has 0 spiro atoms. The van der Waals surface area contributed by atoms with Gasteiger partial charge in [0, 0.05) is 10.9 Å². The lowest BCUT2D eigenvalue weighted by Gasteiger charge is -2.17. The molecule has 4 nitrogen and oxygen atoms in total. The summed E-state index contributed by atoms with van der Waals surface area (Å²) in [5.74, 6) is -0.275. The van der Waals surface area contributed by atoms with Crippen LogP contribution in [-0.2, 0) is 9.59 Å². The van der Waals surface area contributed by atoms with Crippen LogP contribution in [0.5, 0.6) is 0 Å². The number of hydrogen-bond acceptors (Lipinski definition) is 3. The van der Waals surface area contributed by atoms with Gasteiger partial charge in [0.25, 0.3) is 0 Å². The maximum Gasteiger partial charge on any atom is 0.239 e. The molecule has 1 aliphatic carbocycles. The lowest BCUT2D eigenvalue weighted by Crippen LogP contribution is -2.39. The molecule has 0 bridgehead atoms. The molecule has 1 saturated carbocycles. The molecule has 0 radical (unpaired) electrons. The first-order valence-corrected chi connectivity index (χ1v) is 8.94. The van der Waals surface area contributed by atoms with E-state index < -0.39 is 0 Å². The van der Waals surface area contributed by atoms with Crippen LogP contribution in [-0.4, -0.2) is 24.4 Å². The van der Waals surface area contributed by atoms with Gasteiger partial charge < -0.3 is 10.6 Å². The van der Waals surface area contributed by atoms with Gasteiger partial charge in [0.15, 0.2) is 0 Å². The van der Waals surface area contributed by atoms with Crippen LogP contribution in [0.15, 0.2) is 65.6 Å². The standard InChI is InChI=1S/C19H20N2O2S/c22-17(21-15-11-12-15)13-20-19(23)18(14-7-3-1-4-8-14)24-16-9-5-2-6-10-16/h1-10,15,18H,11-13H2,(H,20,23)(H,21,22). The van der Waals surface area contributed by atoms with Crippen molar-refractivity contribution in [1.29, 1.82) is 0 Å². The fraction of sp³-hybridized carbons (Fsp3) is 0.263. The smallest absolute Gasteiger partial charge is 0.239 e. The van der Waals surface area contributed by atoms with Crippen LogP contribution in [0.4, 0.5) is 0 Å². The van der Waals surface area contributed by atoms with Crippen LogP contribution in [0.25, 0.3) is 0 Å². The van der Waals surface area contributed by atoms with Crippen molar-refractivity contribution in [1.82, 2.24) is 10.6 Å². The third kappa shape index (κ3) is 4.86. The number of carbonyl (C=O) groups excluding carboxylic acids is 2. The summed E-state index contributed by atoms with van der Waals surface area (Å²) in [5, 5.41) is 5.25. The van der Waals surface area contributed by atoms with E-state index in [-0.39, 0.29) is 23.6 Å². The summed E-state index contributed by atoms with van der Waals surface area (Å²) in [7, 11) is 0. The molecule has 0 saturated heterocycles. The van der Waals surface area contributed by atoms with Gasteiger partial charge in [-0.05, 0) is 30.5 Å². The number of nitrogens with one attached hydrogen (secondary N) is 2. The van der Waals surface area contributed by atoms with Crippen LogP contribution in [0.3, 0.4) is 0 Å². The van der Waals surface area contributed by atoms with Crippen LogP contribution in [0.2, 0.25) is 0 Å². The number of rotatable bonds is 7. The Morgan fingerprint density at radius 1 is 1.00 bits per heavy atom. The number of hydrogen-bond donors (Lipinski definition) is 2. The number of benzene rings is 2. The summed E-state index contributed by atoms with van der Waals surface area (Å²) >= 11 is 1.48. The van der Waals surface area contributed by atoms with E-state index in [2.05, 4.69) is 10.6 Å². The SMILES string of the molecule is O=C(CNC(=O)C(Sc1ccccc1)c1ccccc1)NC1CC1. The van der Waals surface area contributed by atoms with Crippen molar-refractivity contribution >= 4 is 23.6 Å². The van der Waals surface area contributed by atoms with Gasteiger partial charge in [-0.25, -0.2) is 0 Å². The van der Waals surface area contributed by atoms with E-state index in [9.17, 15) is 9.59 Å². The topological polar surface area (TPSA) is 58.2 Å². The predicted octanol–water partition coefficient (Wildman–Crippen LogP) is 2.91. The zero-order chi connectivity index (χ0) is 16.8. The van der Waals surface area contributed by atoms with Crippen LogP contribution in [0, 0.1) is 0 Å². The van der Waals surface area contributed by atoms with Crippen molar-refractivity contribution in [2.75, 3.05) is 6.54 Å². The molecule has 1 unspecified atom stereocenters. The van der Waals surface area contributed by atoms with E-state index in [0.717, 1.165) is 23.3 Å². The van der Waals surface area contributed by atoms with E-state index in [1.54, 1.807) is 0 Å². The molecule has 124 valence electrons. The van der Waals surface area contributed by atoms with Crippen molar-refractivity contribution < 1.29 is 9.59 Å². The molecule has 0 aliphatic heterocycles. The summed E-state index contributed by atoms with van der Waals surface area (Å²) in [6.07, 6.45) is 2.08. The molecule has 2 N–H and O–H groups in total. The van der Waals surface area contributed by atoms with Gasteiger partial charge in [-0.1, -0.05) is 48.5 Å². The van der Waals surface area contributed by atoms with Gasteiger partial charge in [-0.3, -0.25) is 9.59 Å². The Kier molecular flexibility index (Phi) is 5.54. The molecule has 1 fully saturated rings. The van der Waals surface area contributed by atoms with Gasteiger partial charge in [-0.2, -0.15) is 0 Å². The summed E-state index contributed by atoms with van der Waals surface area (Å²) in [6, 6.07) is 19.7. The fourth-order valence-electron chi connectivity index (χ4n) is 2.30. The van der Waals surface area contributed by atoms with Crippen molar-refractivity contribution in [2.24, 2.45) is 0 Å². The molecule has 24 heavy (non-hydrogen) atoms. The summed E-state index contributed by atoms with van der Waals surface area (Å²) in [6.45, 7) is 0.0218. The van der Waals surface area contributed by atoms with Gasteiger partial charge in [0.2, 0.25) is 11.8 Å². The number of amides is 2. The molecule has 0 aromatic heterocycles. The second-order valence-electron chi connectivity index (χ2n) is 5.78. The fourth-order valence-corrected chi connectivity index (χ4v) is 3.37.